The summed E-state index contributed by atoms with van der Waals surface area (Å²) >= 11 is -1.63. The van der Waals surface area contributed by atoms with Gasteiger partial charge in [-0.25, -0.2) is 8.60 Å². The first-order valence-electron chi connectivity index (χ1n) is 10.1. The lowest BCUT2D eigenvalue weighted by atomic mass is 10.0. The van der Waals surface area contributed by atoms with Crippen LogP contribution in [0.4, 0.5) is 10.1 Å². The van der Waals surface area contributed by atoms with E-state index in [1.807, 2.05) is 13.8 Å². The summed E-state index contributed by atoms with van der Waals surface area (Å²) in [5.41, 5.74) is 7.97. The smallest absolute Gasteiger partial charge is 0.251 e. The Kier molecular flexibility index (Phi) is 6.10. The molecule has 0 fully saturated rings. The van der Waals surface area contributed by atoms with Gasteiger partial charge in [0, 0.05) is 17.3 Å². The number of rotatable bonds is 6. The fraction of sp³-hybridized carbons (Fsp3) is 0.174. The quantitative estimate of drug-likeness (QED) is 0.515. The summed E-state index contributed by atoms with van der Waals surface area (Å²) in [7, 11) is 0. The number of halogens is 1. The highest BCUT2D eigenvalue weighted by Crippen LogP contribution is 2.30. The van der Waals surface area contributed by atoms with Gasteiger partial charge in [0.25, 0.3) is 5.91 Å². The molecule has 2 aromatic carbocycles. The second-order valence-corrected chi connectivity index (χ2v) is 8.95. The molecule has 2 heterocycles. The molecule has 1 aliphatic rings. The molecule has 10 heteroatoms. The molecule has 4 rings (SSSR count). The van der Waals surface area contributed by atoms with E-state index in [-0.39, 0.29) is 24.2 Å². The molecule has 1 aliphatic heterocycles. The number of hydrogen-bond acceptors (Lipinski definition) is 5. The van der Waals surface area contributed by atoms with E-state index in [0.29, 0.717) is 33.8 Å². The summed E-state index contributed by atoms with van der Waals surface area (Å²) in [6, 6.07) is 14.4. The summed E-state index contributed by atoms with van der Waals surface area (Å²) in [5.74, 6) is -0.0684. The largest absolute Gasteiger partial charge is 0.490 e. The van der Waals surface area contributed by atoms with E-state index < -0.39 is 16.7 Å². The van der Waals surface area contributed by atoms with Crippen LogP contribution in [0.25, 0.3) is 11.3 Å². The van der Waals surface area contributed by atoms with Crippen molar-refractivity contribution in [2.45, 2.75) is 19.4 Å². The van der Waals surface area contributed by atoms with Crippen LogP contribution in [0.15, 0.2) is 65.2 Å². The van der Waals surface area contributed by atoms with Gasteiger partial charge in [-0.05, 0) is 62.4 Å². The molecule has 1 unspecified atom stereocenters. The molecular weight excluding hydrogens is 445 g/mol. The van der Waals surface area contributed by atoms with Crippen LogP contribution in [0.2, 0.25) is 0 Å². The van der Waals surface area contributed by atoms with Crippen LogP contribution >= 0.6 is 0 Å². The van der Waals surface area contributed by atoms with Crippen LogP contribution in [-0.4, -0.2) is 33.1 Å². The molecule has 8 nitrogen and oxygen atoms in total. The van der Waals surface area contributed by atoms with Gasteiger partial charge in [0.05, 0.1) is 22.5 Å². The van der Waals surface area contributed by atoms with Crippen molar-refractivity contribution in [1.29, 1.82) is 0 Å². The highest BCUT2D eigenvalue weighted by molar-refractivity contribution is 7.85. The molecule has 0 saturated heterocycles. The van der Waals surface area contributed by atoms with Gasteiger partial charge in [-0.2, -0.15) is 4.40 Å². The molecule has 0 radical (unpaired) electrons. The topological polar surface area (TPSA) is 119 Å². The van der Waals surface area contributed by atoms with Gasteiger partial charge in [-0.1, -0.05) is 6.07 Å². The van der Waals surface area contributed by atoms with E-state index in [9.17, 15) is 13.4 Å². The molecule has 33 heavy (non-hydrogen) atoms. The second kappa shape index (κ2) is 8.99. The standard InChI is InChI=1S/C23H22FN5O3S/c1-23(2,13-32-19-5-3-4-17-20(19)21(25)29-33(31)28-17)27-22(30)15-10-11-26-18(12-15)14-6-8-16(24)9-7-14/h3-12,28H,13H2,1-2H3,(H2,25,29)(H,27,30). The maximum Gasteiger partial charge on any atom is 0.251 e. The van der Waals surface area contributed by atoms with Crippen molar-refractivity contribution in [3.8, 4) is 17.0 Å². The predicted molar refractivity (Wildman–Crippen MR) is 126 cm³/mol. The SMILES string of the molecule is CC(C)(COc1cccc2c1C(N)=NS(=O)N2)NC(=O)c1ccnc(-c2ccc(F)cc2)c1. The predicted octanol–water partition coefficient (Wildman–Crippen LogP) is 3.18. The number of amides is 1. The van der Waals surface area contributed by atoms with E-state index in [1.165, 1.54) is 18.3 Å². The summed E-state index contributed by atoms with van der Waals surface area (Å²) in [4.78, 5) is 17.2. The average molecular weight is 468 g/mol. The first-order valence-corrected chi connectivity index (χ1v) is 11.2. The Morgan fingerprint density at radius 1 is 1.21 bits per heavy atom. The molecule has 0 bridgehead atoms. The average Bonchev–Trinajstić information content (AvgIpc) is 2.77. The van der Waals surface area contributed by atoms with Gasteiger partial charge in [-0.15, -0.1) is 0 Å². The number of carbonyl (C=O) groups excluding carboxylic acids is 1. The molecule has 1 amide bonds. The van der Waals surface area contributed by atoms with Crippen molar-refractivity contribution in [1.82, 2.24) is 10.3 Å². The first-order chi connectivity index (χ1) is 15.7. The van der Waals surface area contributed by atoms with Gasteiger partial charge in [0.15, 0.2) is 0 Å². The molecule has 0 spiro atoms. The molecule has 4 N–H and O–H groups in total. The van der Waals surface area contributed by atoms with Crippen LogP contribution < -0.4 is 20.5 Å². The Morgan fingerprint density at radius 3 is 2.73 bits per heavy atom. The summed E-state index contributed by atoms with van der Waals surface area (Å²) in [6.07, 6.45) is 1.53. The van der Waals surface area contributed by atoms with Crippen molar-refractivity contribution in [3.05, 3.63) is 77.7 Å². The third kappa shape index (κ3) is 5.17. The van der Waals surface area contributed by atoms with Crippen LogP contribution in [-0.2, 0) is 11.2 Å². The van der Waals surface area contributed by atoms with Crippen LogP contribution in [0.1, 0.15) is 29.8 Å². The Morgan fingerprint density at radius 2 is 1.97 bits per heavy atom. The number of pyridine rings is 1. The fourth-order valence-corrected chi connectivity index (χ4v) is 3.95. The number of nitrogens with two attached hydrogens (primary N) is 1. The zero-order valence-corrected chi connectivity index (χ0v) is 18.8. The number of hydrogen-bond donors (Lipinski definition) is 3. The number of benzene rings is 2. The zero-order valence-electron chi connectivity index (χ0n) is 18.0. The lowest BCUT2D eigenvalue weighted by molar-refractivity contribution is 0.0880. The molecule has 170 valence electrons. The van der Waals surface area contributed by atoms with E-state index in [1.54, 1.807) is 42.5 Å². The molecule has 1 aromatic heterocycles. The lowest BCUT2D eigenvalue weighted by Gasteiger charge is -2.27. The second-order valence-electron chi connectivity index (χ2n) is 8.07. The Labute approximate surface area is 192 Å². The van der Waals surface area contributed by atoms with Crippen molar-refractivity contribution in [2.75, 3.05) is 11.3 Å². The summed E-state index contributed by atoms with van der Waals surface area (Å²) in [5, 5.41) is 2.95. The van der Waals surface area contributed by atoms with Gasteiger partial charge >= 0.3 is 0 Å². The minimum atomic E-state index is -1.63. The number of amidine groups is 1. The fourth-order valence-electron chi connectivity index (χ4n) is 3.28. The van der Waals surface area contributed by atoms with Gasteiger partial charge in [0.2, 0.25) is 11.2 Å². The zero-order chi connectivity index (χ0) is 23.6. The molecular formula is C23H22FN5O3S. The number of fused-ring (bicyclic) bond motifs is 1. The molecule has 0 aliphatic carbocycles. The highest BCUT2D eigenvalue weighted by atomic mass is 32.2. The van der Waals surface area contributed by atoms with Gasteiger partial charge in [0.1, 0.15) is 24.0 Å². The maximum atomic E-state index is 13.2. The van der Waals surface area contributed by atoms with Crippen LogP contribution in [0.3, 0.4) is 0 Å². The van der Waals surface area contributed by atoms with E-state index >= 15 is 0 Å². The van der Waals surface area contributed by atoms with E-state index in [2.05, 4.69) is 19.4 Å². The minimum absolute atomic E-state index is 0.115. The minimum Gasteiger partial charge on any atom is -0.490 e. The van der Waals surface area contributed by atoms with E-state index in [4.69, 9.17) is 10.5 Å². The number of aromatic nitrogens is 1. The third-order valence-corrected chi connectivity index (χ3v) is 5.62. The number of nitrogens with zero attached hydrogens (tertiary/aromatic N) is 2. The van der Waals surface area contributed by atoms with Gasteiger partial charge in [-0.3, -0.25) is 14.5 Å². The number of ether oxygens (including phenoxy) is 1. The number of anilines is 1. The molecule has 3 aromatic rings. The van der Waals surface area contributed by atoms with Crippen molar-refractivity contribution >= 4 is 28.6 Å². The molecule has 0 saturated carbocycles. The van der Waals surface area contributed by atoms with Crippen molar-refractivity contribution < 1.29 is 18.1 Å². The maximum absolute atomic E-state index is 13.2. The first kappa shape index (κ1) is 22.4. The summed E-state index contributed by atoms with van der Waals surface area (Å²) in [6.45, 7) is 3.79. The van der Waals surface area contributed by atoms with Crippen LogP contribution in [0.5, 0.6) is 5.75 Å². The number of nitrogens with one attached hydrogen (secondary N) is 2. The Hall–Kier alpha value is -3.79. The normalized spacial score (nSPS) is 15.1. The molecule has 1 atom stereocenters. The van der Waals surface area contributed by atoms with Crippen LogP contribution in [0, 0.1) is 5.82 Å². The highest BCUT2D eigenvalue weighted by Gasteiger charge is 2.25. The number of carbonyl (C=O) groups is 1. The monoisotopic (exact) mass is 467 g/mol. The summed E-state index contributed by atoms with van der Waals surface area (Å²) < 4.78 is 37.4. The Bertz CT molecular complexity index is 1260. The van der Waals surface area contributed by atoms with E-state index in [0.717, 1.165) is 0 Å². The Balaban J connectivity index is 1.46. The van der Waals surface area contributed by atoms with Crippen molar-refractivity contribution in [2.24, 2.45) is 10.1 Å². The third-order valence-electron chi connectivity index (χ3n) is 4.86. The lowest BCUT2D eigenvalue weighted by Crippen LogP contribution is -2.48. The van der Waals surface area contributed by atoms with Crippen molar-refractivity contribution in [3.63, 3.8) is 0 Å². The van der Waals surface area contributed by atoms with Gasteiger partial charge < -0.3 is 15.8 Å².